The van der Waals surface area contributed by atoms with Gasteiger partial charge in [-0.05, 0) is 12.1 Å². The molecule has 0 unspecified atom stereocenters. The number of nitrogens with one attached hydrogen (secondary N) is 1. The van der Waals surface area contributed by atoms with Gasteiger partial charge in [0, 0.05) is 32.2 Å². The van der Waals surface area contributed by atoms with E-state index >= 15 is 0 Å². The lowest BCUT2D eigenvalue weighted by atomic mass is 10.1. The normalized spacial score (nSPS) is 16.2. The van der Waals surface area contributed by atoms with E-state index < -0.39 is 11.6 Å². The highest BCUT2D eigenvalue weighted by atomic mass is 19.1. The van der Waals surface area contributed by atoms with Gasteiger partial charge in [-0.2, -0.15) is 0 Å². The molecule has 3 nitrogen and oxygen atoms in total. The number of carbonyl (C=O) groups excluding carboxylic acids is 1. The van der Waals surface area contributed by atoms with E-state index in [0.717, 1.165) is 12.1 Å². The Bertz CT molecular complexity index is 403. The van der Waals surface area contributed by atoms with Gasteiger partial charge >= 0.3 is 0 Å². The molecule has 1 aliphatic rings. The van der Waals surface area contributed by atoms with Crippen LogP contribution in [0.25, 0.3) is 0 Å². The molecule has 0 bridgehead atoms. The van der Waals surface area contributed by atoms with Gasteiger partial charge in [-0.3, -0.25) is 4.79 Å². The molecule has 1 heterocycles. The lowest BCUT2D eigenvalue weighted by Gasteiger charge is -2.27. The number of hydrogen-bond acceptors (Lipinski definition) is 2. The van der Waals surface area contributed by atoms with E-state index in [0.29, 0.717) is 26.2 Å². The lowest BCUT2D eigenvalue weighted by molar-refractivity contribution is 0.0731. The van der Waals surface area contributed by atoms with Gasteiger partial charge < -0.3 is 10.2 Å². The monoisotopic (exact) mass is 226 g/mol. The smallest absolute Gasteiger partial charge is 0.256 e. The van der Waals surface area contributed by atoms with E-state index in [-0.39, 0.29) is 11.5 Å². The minimum Gasteiger partial charge on any atom is -0.336 e. The first-order valence-corrected chi connectivity index (χ1v) is 5.13. The first kappa shape index (κ1) is 11.0. The van der Waals surface area contributed by atoms with Gasteiger partial charge in [0.15, 0.2) is 0 Å². The lowest BCUT2D eigenvalue weighted by Crippen LogP contribution is -2.46. The Morgan fingerprint density at radius 3 is 2.56 bits per heavy atom. The van der Waals surface area contributed by atoms with E-state index in [9.17, 15) is 13.6 Å². The predicted molar refractivity (Wildman–Crippen MR) is 55.1 cm³/mol. The molecule has 1 N–H and O–H groups in total. The molecule has 1 aromatic rings. The first-order chi connectivity index (χ1) is 7.68. The van der Waals surface area contributed by atoms with Crippen LogP contribution in [0.3, 0.4) is 0 Å². The third-order valence-corrected chi connectivity index (χ3v) is 2.57. The quantitative estimate of drug-likeness (QED) is 0.775. The predicted octanol–water partition coefficient (Wildman–Crippen LogP) is 1.01. The van der Waals surface area contributed by atoms with E-state index in [1.54, 1.807) is 4.90 Å². The summed E-state index contributed by atoms with van der Waals surface area (Å²) in [5.74, 6) is -1.85. The maximum Gasteiger partial charge on any atom is 0.256 e. The molecule has 1 aromatic carbocycles. The number of halogens is 2. The van der Waals surface area contributed by atoms with E-state index in [1.807, 2.05) is 0 Å². The summed E-state index contributed by atoms with van der Waals surface area (Å²) in [4.78, 5) is 13.4. The van der Waals surface area contributed by atoms with Crippen molar-refractivity contribution in [3.8, 4) is 0 Å². The second kappa shape index (κ2) is 4.57. The van der Waals surface area contributed by atoms with Crippen LogP contribution < -0.4 is 5.32 Å². The van der Waals surface area contributed by atoms with Crippen LogP contribution in [-0.4, -0.2) is 37.0 Å². The van der Waals surface area contributed by atoms with Crippen LogP contribution in [0.4, 0.5) is 8.78 Å². The van der Waals surface area contributed by atoms with Crippen LogP contribution in [0, 0.1) is 11.6 Å². The Balaban J connectivity index is 2.19. The van der Waals surface area contributed by atoms with E-state index in [2.05, 4.69) is 5.32 Å². The summed E-state index contributed by atoms with van der Waals surface area (Å²) in [6.45, 7) is 2.51. The molecule has 1 amide bonds. The van der Waals surface area contributed by atoms with Gasteiger partial charge in [0.25, 0.3) is 5.91 Å². The maximum absolute atomic E-state index is 13.4. The highest BCUT2D eigenvalue weighted by Crippen LogP contribution is 2.12. The largest absolute Gasteiger partial charge is 0.336 e. The Kier molecular flexibility index (Phi) is 3.14. The molecule has 0 radical (unpaired) electrons. The molecule has 1 fully saturated rings. The van der Waals surface area contributed by atoms with Crippen LogP contribution in [-0.2, 0) is 0 Å². The summed E-state index contributed by atoms with van der Waals surface area (Å²) in [5.41, 5.74) is -0.0664. The van der Waals surface area contributed by atoms with Crippen LogP contribution in [0.15, 0.2) is 18.2 Å². The highest BCUT2D eigenvalue weighted by molar-refractivity contribution is 5.94. The summed E-state index contributed by atoms with van der Waals surface area (Å²) in [6.07, 6.45) is 0. The molecule has 0 aliphatic carbocycles. The van der Waals surface area contributed by atoms with Crippen molar-refractivity contribution in [1.29, 1.82) is 0 Å². The zero-order valence-electron chi connectivity index (χ0n) is 8.67. The number of rotatable bonds is 1. The second-order valence-electron chi connectivity index (χ2n) is 3.67. The van der Waals surface area contributed by atoms with Crippen LogP contribution in [0.2, 0.25) is 0 Å². The van der Waals surface area contributed by atoms with Crippen molar-refractivity contribution in [3.05, 3.63) is 35.4 Å². The van der Waals surface area contributed by atoms with Crippen molar-refractivity contribution >= 4 is 5.91 Å². The number of amides is 1. The van der Waals surface area contributed by atoms with Crippen molar-refractivity contribution in [2.45, 2.75) is 0 Å². The minimum atomic E-state index is -0.802. The maximum atomic E-state index is 13.4. The van der Waals surface area contributed by atoms with Crippen LogP contribution in [0.5, 0.6) is 0 Å². The standard InChI is InChI=1S/C11H12F2N2O/c12-8-1-2-9(10(13)7-8)11(16)15-5-3-14-4-6-15/h1-2,7,14H,3-6H2. The molecular formula is C11H12F2N2O. The topological polar surface area (TPSA) is 32.3 Å². The van der Waals surface area contributed by atoms with Crippen molar-refractivity contribution < 1.29 is 13.6 Å². The van der Waals surface area contributed by atoms with E-state index in [4.69, 9.17) is 0 Å². The SMILES string of the molecule is O=C(c1ccc(F)cc1F)N1CCNCC1. The van der Waals surface area contributed by atoms with Gasteiger partial charge in [0.2, 0.25) is 0 Å². The molecular weight excluding hydrogens is 214 g/mol. The summed E-state index contributed by atoms with van der Waals surface area (Å²) >= 11 is 0. The molecule has 1 aliphatic heterocycles. The molecule has 16 heavy (non-hydrogen) atoms. The molecule has 0 atom stereocenters. The van der Waals surface area contributed by atoms with Gasteiger partial charge in [-0.1, -0.05) is 0 Å². The first-order valence-electron chi connectivity index (χ1n) is 5.13. The summed E-state index contributed by atoms with van der Waals surface area (Å²) in [6, 6.07) is 3.02. The molecule has 0 spiro atoms. The number of nitrogens with zero attached hydrogens (tertiary/aromatic N) is 1. The fourth-order valence-electron chi connectivity index (χ4n) is 1.70. The molecule has 86 valence electrons. The van der Waals surface area contributed by atoms with E-state index in [1.165, 1.54) is 6.07 Å². The Morgan fingerprint density at radius 1 is 1.25 bits per heavy atom. The Hall–Kier alpha value is -1.49. The van der Waals surface area contributed by atoms with Crippen LogP contribution in [0.1, 0.15) is 10.4 Å². The van der Waals surface area contributed by atoms with Crippen molar-refractivity contribution in [2.75, 3.05) is 26.2 Å². The molecule has 1 saturated heterocycles. The molecule has 2 rings (SSSR count). The van der Waals surface area contributed by atoms with Crippen molar-refractivity contribution in [1.82, 2.24) is 10.2 Å². The van der Waals surface area contributed by atoms with Crippen molar-refractivity contribution in [2.24, 2.45) is 0 Å². The zero-order valence-corrected chi connectivity index (χ0v) is 8.67. The Morgan fingerprint density at radius 2 is 1.94 bits per heavy atom. The third-order valence-electron chi connectivity index (χ3n) is 2.57. The van der Waals surface area contributed by atoms with Gasteiger partial charge in [0.1, 0.15) is 11.6 Å². The number of benzene rings is 1. The highest BCUT2D eigenvalue weighted by Gasteiger charge is 2.20. The van der Waals surface area contributed by atoms with Gasteiger partial charge in [-0.25, -0.2) is 8.78 Å². The average Bonchev–Trinajstić information content (AvgIpc) is 2.29. The second-order valence-corrected chi connectivity index (χ2v) is 3.67. The van der Waals surface area contributed by atoms with Gasteiger partial charge in [0.05, 0.1) is 5.56 Å². The fraction of sp³-hybridized carbons (Fsp3) is 0.364. The summed E-state index contributed by atoms with van der Waals surface area (Å²) < 4.78 is 26.0. The van der Waals surface area contributed by atoms with Crippen LogP contribution >= 0.6 is 0 Å². The molecule has 5 heteroatoms. The number of carbonyl (C=O) groups is 1. The summed E-state index contributed by atoms with van der Waals surface area (Å²) in [5, 5.41) is 3.10. The fourth-order valence-corrected chi connectivity index (χ4v) is 1.70. The van der Waals surface area contributed by atoms with Crippen molar-refractivity contribution in [3.63, 3.8) is 0 Å². The molecule has 0 aromatic heterocycles. The Labute approximate surface area is 92.1 Å². The third kappa shape index (κ3) is 2.19. The number of hydrogen-bond donors (Lipinski definition) is 1. The molecule has 0 saturated carbocycles. The minimum absolute atomic E-state index is 0.0664. The van der Waals surface area contributed by atoms with Gasteiger partial charge in [-0.15, -0.1) is 0 Å². The zero-order chi connectivity index (χ0) is 11.5. The number of piperazine rings is 1. The summed E-state index contributed by atoms with van der Waals surface area (Å²) in [7, 11) is 0. The average molecular weight is 226 g/mol.